The van der Waals surface area contributed by atoms with E-state index in [-0.39, 0.29) is 7.92 Å². The quantitative estimate of drug-likeness (QED) is 0.559. The van der Waals surface area contributed by atoms with E-state index >= 15 is 0 Å². The summed E-state index contributed by atoms with van der Waals surface area (Å²) in [4.78, 5) is 0. The van der Waals surface area contributed by atoms with Crippen LogP contribution in [0.2, 0.25) is 0 Å². The normalized spacial score (nSPS) is 35.3. The van der Waals surface area contributed by atoms with Crippen molar-refractivity contribution < 1.29 is 0 Å². The van der Waals surface area contributed by atoms with E-state index in [1.165, 1.54) is 0 Å². The Kier molecular flexibility index (Phi) is 1.73. The van der Waals surface area contributed by atoms with Crippen molar-refractivity contribution in [2.45, 2.75) is 25.2 Å². The minimum atomic E-state index is 0.232. The summed E-state index contributed by atoms with van der Waals surface area (Å²) >= 11 is 0. The van der Waals surface area contributed by atoms with Gasteiger partial charge in [-0.1, -0.05) is 52.1 Å². The largest absolute Gasteiger partial charge is 0.0682 e. The molecule has 1 heteroatoms. The Bertz CT molecular complexity index is 234. The Morgan fingerprint density at radius 2 is 1.55 bits per heavy atom. The predicted molar refractivity (Wildman–Crippen MR) is 51.9 cm³/mol. The van der Waals surface area contributed by atoms with E-state index < -0.39 is 0 Å². The van der Waals surface area contributed by atoms with Crippen molar-refractivity contribution in [1.82, 2.24) is 0 Å². The lowest BCUT2D eigenvalue weighted by atomic mass is 10.4. The van der Waals surface area contributed by atoms with Crippen LogP contribution in [-0.2, 0) is 0 Å². The minimum Gasteiger partial charge on any atom is -0.0682 e. The third-order valence-corrected chi connectivity index (χ3v) is 5.74. The van der Waals surface area contributed by atoms with Crippen molar-refractivity contribution >= 4 is 13.2 Å². The van der Waals surface area contributed by atoms with Gasteiger partial charge in [-0.05, 0) is 16.6 Å². The zero-order chi connectivity index (χ0) is 7.84. The van der Waals surface area contributed by atoms with Gasteiger partial charge in [0.15, 0.2) is 0 Å². The van der Waals surface area contributed by atoms with Gasteiger partial charge in [-0.3, -0.25) is 0 Å². The molecule has 0 bridgehead atoms. The predicted octanol–water partition coefficient (Wildman–Crippen LogP) is 2.58. The fraction of sp³-hybridized carbons (Fsp3) is 0.400. The standard InChI is InChI=1S/C10H13P/c1-8-9(2)11(8)10-6-4-3-5-7-10/h3-9H,1-2H3/t8-,9-/m1/s1. The molecule has 0 radical (unpaired) electrons. The molecular formula is C10H13P. The van der Waals surface area contributed by atoms with Gasteiger partial charge in [0.1, 0.15) is 0 Å². The summed E-state index contributed by atoms with van der Waals surface area (Å²) in [5.41, 5.74) is 1.93. The molecule has 0 saturated carbocycles. The highest BCUT2D eigenvalue weighted by atomic mass is 31.1. The Labute approximate surface area is 69.4 Å². The molecule has 1 saturated heterocycles. The van der Waals surface area contributed by atoms with Crippen LogP contribution in [-0.4, -0.2) is 11.3 Å². The van der Waals surface area contributed by atoms with Crippen molar-refractivity contribution in [3.8, 4) is 0 Å². The zero-order valence-electron chi connectivity index (χ0n) is 6.99. The molecule has 58 valence electrons. The van der Waals surface area contributed by atoms with Gasteiger partial charge < -0.3 is 0 Å². The van der Waals surface area contributed by atoms with Gasteiger partial charge in [0, 0.05) is 0 Å². The second kappa shape index (κ2) is 2.60. The molecule has 1 aromatic rings. The molecule has 0 nitrogen and oxygen atoms in total. The third-order valence-electron chi connectivity index (χ3n) is 2.54. The Morgan fingerprint density at radius 1 is 1.00 bits per heavy atom. The first-order valence-corrected chi connectivity index (χ1v) is 5.62. The van der Waals surface area contributed by atoms with Gasteiger partial charge in [-0.25, -0.2) is 0 Å². The topological polar surface area (TPSA) is 0 Å². The van der Waals surface area contributed by atoms with E-state index in [0.29, 0.717) is 0 Å². The zero-order valence-corrected chi connectivity index (χ0v) is 7.88. The van der Waals surface area contributed by atoms with Crippen molar-refractivity contribution in [2.75, 3.05) is 0 Å². The monoisotopic (exact) mass is 164 g/mol. The lowest BCUT2D eigenvalue weighted by molar-refractivity contribution is 1.05. The molecular weight excluding hydrogens is 151 g/mol. The Morgan fingerprint density at radius 3 is 2.00 bits per heavy atom. The number of benzene rings is 1. The van der Waals surface area contributed by atoms with Gasteiger partial charge >= 0.3 is 0 Å². The van der Waals surface area contributed by atoms with E-state index in [9.17, 15) is 0 Å². The Hall–Kier alpha value is -0.350. The Balaban J connectivity index is 2.20. The maximum atomic E-state index is 2.36. The molecule has 0 aliphatic carbocycles. The second-order valence-electron chi connectivity index (χ2n) is 3.22. The summed E-state index contributed by atoms with van der Waals surface area (Å²) in [7, 11) is 0.232. The van der Waals surface area contributed by atoms with E-state index in [4.69, 9.17) is 0 Å². The highest BCUT2D eigenvalue weighted by Gasteiger charge is 2.42. The molecule has 2 rings (SSSR count). The second-order valence-corrected chi connectivity index (χ2v) is 6.18. The molecule has 0 amide bonds. The summed E-state index contributed by atoms with van der Waals surface area (Å²) in [5, 5.41) is 1.59. The van der Waals surface area contributed by atoms with Crippen LogP contribution >= 0.6 is 7.92 Å². The average Bonchev–Trinajstić information content (AvgIpc) is 2.62. The molecule has 0 N–H and O–H groups in total. The highest BCUT2D eigenvalue weighted by molar-refractivity contribution is 7.74. The fourth-order valence-corrected chi connectivity index (χ4v) is 4.24. The summed E-state index contributed by atoms with van der Waals surface area (Å²) in [5.74, 6) is 0. The van der Waals surface area contributed by atoms with Gasteiger partial charge in [0.2, 0.25) is 0 Å². The molecule has 0 aromatic heterocycles. The number of hydrogen-bond donors (Lipinski definition) is 0. The summed E-state index contributed by atoms with van der Waals surface area (Å²) in [6, 6.07) is 10.9. The molecule has 1 heterocycles. The first-order valence-electron chi connectivity index (χ1n) is 4.14. The summed E-state index contributed by atoms with van der Waals surface area (Å²) in [6.45, 7) is 4.73. The SMILES string of the molecule is C[C@@H]1[C@@H](C)P1c1ccccc1. The summed E-state index contributed by atoms with van der Waals surface area (Å²) in [6.07, 6.45) is 0. The maximum Gasteiger partial charge on any atom is -0.0127 e. The molecule has 0 unspecified atom stereocenters. The molecule has 1 aliphatic rings. The number of rotatable bonds is 1. The van der Waals surface area contributed by atoms with Crippen LogP contribution in [0.25, 0.3) is 0 Å². The molecule has 1 aliphatic heterocycles. The minimum absolute atomic E-state index is 0.232. The first kappa shape index (κ1) is 7.31. The van der Waals surface area contributed by atoms with Crippen molar-refractivity contribution in [3.05, 3.63) is 30.3 Å². The molecule has 2 atom stereocenters. The highest BCUT2D eigenvalue weighted by Crippen LogP contribution is 2.64. The van der Waals surface area contributed by atoms with E-state index in [1.807, 2.05) is 0 Å². The lowest BCUT2D eigenvalue weighted by Gasteiger charge is -1.96. The van der Waals surface area contributed by atoms with Crippen LogP contribution in [0.3, 0.4) is 0 Å². The van der Waals surface area contributed by atoms with Crippen molar-refractivity contribution in [3.63, 3.8) is 0 Å². The van der Waals surface area contributed by atoms with Gasteiger partial charge in [0.25, 0.3) is 0 Å². The lowest BCUT2D eigenvalue weighted by Crippen LogP contribution is -1.91. The maximum absolute atomic E-state index is 2.36. The van der Waals surface area contributed by atoms with Crippen LogP contribution in [0.1, 0.15) is 13.8 Å². The molecule has 1 aromatic carbocycles. The first-order chi connectivity index (χ1) is 5.30. The van der Waals surface area contributed by atoms with E-state index in [2.05, 4.69) is 44.2 Å². The molecule has 0 spiro atoms. The van der Waals surface area contributed by atoms with Crippen LogP contribution in [0, 0.1) is 0 Å². The van der Waals surface area contributed by atoms with Crippen molar-refractivity contribution in [2.24, 2.45) is 0 Å². The van der Waals surface area contributed by atoms with Gasteiger partial charge in [-0.15, -0.1) is 0 Å². The smallest absolute Gasteiger partial charge is 0.0127 e. The molecule has 1 fully saturated rings. The van der Waals surface area contributed by atoms with Crippen LogP contribution in [0.4, 0.5) is 0 Å². The van der Waals surface area contributed by atoms with E-state index in [1.54, 1.807) is 5.30 Å². The fourth-order valence-electron chi connectivity index (χ4n) is 1.57. The average molecular weight is 164 g/mol. The van der Waals surface area contributed by atoms with Gasteiger partial charge in [-0.2, -0.15) is 0 Å². The summed E-state index contributed by atoms with van der Waals surface area (Å²) < 4.78 is 0. The molecule has 11 heavy (non-hydrogen) atoms. The number of hydrogen-bond acceptors (Lipinski definition) is 0. The van der Waals surface area contributed by atoms with Crippen LogP contribution in [0.15, 0.2) is 30.3 Å². The van der Waals surface area contributed by atoms with Crippen LogP contribution in [0.5, 0.6) is 0 Å². The van der Waals surface area contributed by atoms with E-state index in [0.717, 1.165) is 11.3 Å². The van der Waals surface area contributed by atoms with Crippen LogP contribution < -0.4 is 5.30 Å². The third kappa shape index (κ3) is 1.20. The van der Waals surface area contributed by atoms with Gasteiger partial charge in [0.05, 0.1) is 0 Å². The van der Waals surface area contributed by atoms with Crippen molar-refractivity contribution in [1.29, 1.82) is 0 Å².